The molecule has 0 aliphatic heterocycles. The molecule has 6 nitrogen and oxygen atoms in total. The van der Waals surface area contributed by atoms with Crippen molar-refractivity contribution in [2.45, 2.75) is 13.0 Å². The first kappa shape index (κ1) is 12.4. The molecule has 0 amide bonds. The van der Waals surface area contributed by atoms with Crippen molar-refractivity contribution in [2.75, 3.05) is 26.0 Å². The molecule has 16 heavy (non-hydrogen) atoms. The van der Waals surface area contributed by atoms with Crippen LogP contribution in [0.1, 0.15) is 6.92 Å². The van der Waals surface area contributed by atoms with Crippen LogP contribution in [0.25, 0.3) is 0 Å². The zero-order chi connectivity index (χ0) is 12.1. The van der Waals surface area contributed by atoms with Crippen LogP contribution < -0.4 is 5.32 Å². The largest absolute Gasteiger partial charge is 0.369 e. The van der Waals surface area contributed by atoms with Gasteiger partial charge in [-0.3, -0.25) is 10.1 Å². The fourth-order valence-electron chi connectivity index (χ4n) is 1.03. The molecular weight excluding hydrogens is 208 g/mol. The highest BCUT2D eigenvalue weighted by Crippen LogP contribution is 2.11. The van der Waals surface area contributed by atoms with E-state index in [-0.39, 0.29) is 5.69 Å². The summed E-state index contributed by atoms with van der Waals surface area (Å²) in [6, 6.07) is 3.42. The van der Waals surface area contributed by atoms with E-state index in [1.807, 2.05) is 14.1 Å². The quantitative estimate of drug-likeness (QED) is 0.604. The summed E-state index contributed by atoms with van der Waals surface area (Å²) in [5.41, 5.74) is 0.00575. The van der Waals surface area contributed by atoms with E-state index in [1.54, 1.807) is 6.07 Å². The summed E-state index contributed by atoms with van der Waals surface area (Å²) in [5.74, 6) is 0.652. The Bertz CT molecular complexity index is 350. The molecule has 0 aliphatic rings. The molecule has 1 aromatic heterocycles. The Balaban J connectivity index is 2.53. The maximum atomic E-state index is 10.4. The van der Waals surface area contributed by atoms with Crippen LogP contribution in [0, 0.1) is 10.1 Å². The summed E-state index contributed by atoms with van der Waals surface area (Å²) >= 11 is 0. The molecule has 1 atom stereocenters. The second-order valence-electron chi connectivity index (χ2n) is 3.85. The Morgan fingerprint density at radius 1 is 1.56 bits per heavy atom. The maximum Gasteiger partial charge on any atom is 0.287 e. The van der Waals surface area contributed by atoms with Crippen molar-refractivity contribution < 1.29 is 4.92 Å². The molecule has 0 radical (unpaired) electrons. The Labute approximate surface area is 94.4 Å². The first-order chi connectivity index (χ1) is 7.50. The minimum Gasteiger partial charge on any atom is -0.369 e. The molecule has 1 heterocycles. The van der Waals surface area contributed by atoms with E-state index in [0.29, 0.717) is 11.9 Å². The molecular formula is C10H16N4O2. The minimum absolute atomic E-state index is 0.00575. The summed E-state index contributed by atoms with van der Waals surface area (Å²) in [7, 11) is 3.99. The number of rotatable bonds is 5. The van der Waals surface area contributed by atoms with Crippen molar-refractivity contribution in [3.8, 4) is 0 Å². The Morgan fingerprint density at radius 2 is 2.25 bits per heavy atom. The van der Waals surface area contributed by atoms with Crippen LogP contribution in [0.3, 0.4) is 0 Å². The van der Waals surface area contributed by atoms with Crippen LogP contribution in [0.2, 0.25) is 0 Å². The van der Waals surface area contributed by atoms with Gasteiger partial charge in [-0.05, 0) is 27.1 Å². The molecule has 0 saturated heterocycles. The van der Waals surface area contributed by atoms with Gasteiger partial charge in [0.25, 0.3) is 5.69 Å². The molecule has 0 saturated carbocycles. The van der Waals surface area contributed by atoms with Gasteiger partial charge in [0.15, 0.2) is 0 Å². The molecule has 0 aliphatic carbocycles. The van der Waals surface area contributed by atoms with Crippen LogP contribution >= 0.6 is 0 Å². The predicted octanol–water partition coefficient (Wildman–Crippen LogP) is 1.35. The van der Waals surface area contributed by atoms with Gasteiger partial charge in [-0.2, -0.15) is 0 Å². The van der Waals surface area contributed by atoms with E-state index >= 15 is 0 Å². The third kappa shape index (κ3) is 3.47. The average molecular weight is 224 g/mol. The molecule has 1 aromatic rings. The number of anilines is 1. The molecule has 88 valence electrons. The predicted molar refractivity (Wildman–Crippen MR) is 62.5 cm³/mol. The highest BCUT2D eigenvalue weighted by molar-refractivity contribution is 5.40. The first-order valence-corrected chi connectivity index (χ1v) is 5.01. The van der Waals surface area contributed by atoms with Gasteiger partial charge in [-0.25, -0.2) is 4.98 Å². The molecule has 0 spiro atoms. The van der Waals surface area contributed by atoms with Gasteiger partial charge in [0, 0.05) is 18.7 Å². The second kappa shape index (κ2) is 5.41. The number of hydrogen-bond donors (Lipinski definition) is 1. The van der Waals surface area contributed by atoms with E-state index in [9.17, 15) is 10.1 Å². The van der Waals surface area contributed by atoms with Crippen molar-refractivity contribution in [3.63, 3.8) is 0 Å². The zero-order valence-corrected chi connectivity index (χ0v) is 9.67. The summed E-state index contributed by atoms with van der Waals surface area (Å²) in [4.78, 5) is 16.0. The first-order valence-electron chi connectivity index (χ1n) is 5.01. The highest BCUT2D eigenvalue weighted by atomic mass is 16.6. The van der Waals surface area contributed by atoms with Crippen LogP contribution in [0.15, 0.2) is 18.3 Å². The SMILES string of the molecule is CC(CNc1ccc([N+](=O)[O-])cn1)N(C)C. The van der Waals surface area contributed by atoms with Crippen molar-refractivity contribution in [1.29, 1.82) is 0 Å². The van der Waals surface area contributed by atoms with E-state index < -0.39 is 4.92 Å². The Morgan fingerprint density at radius 3 is 2.69 bits per heavy atom. The van der Waals surface area contributed by atoms with Gasteiger partial charge in [0.1, 0.15) is 12.0 Å². The monoisotopic (exact) mass is 224 g/mol. The van der Waals surface area contributed by atoms with Crippen molar-refractivity contribution >= 4 is 11.5 Å². The highest BCUT2D eigenvalue weighted by Gasteiger charge is 2.07. The minimum atomic E-state index is -0.459. The van der Waals surface area contributed by atoms with E-state index in [0.717, 1.165) is 6.54 Å². The van der Waals surface area contributed by atoms with Gasteiger partial charge in [0.2, 0.25) is 0 Å². The van der Waals surface area contributed by atoms with Crippen LogP contribution in [0.4, 0.5) is 11.5 Å². The van der Waals surface area contributed by atoms with E-state index in [1.165, 1.54) is 12.3 Å². The Hall–Kier alpha value is -1.69. The summed E-state index contributed by atoms with van der Waals surface area (Å²) in [5, 5.41) is 13.5. The average Bonchev–Trinajstić information content (AvgIpc) is 2.26. The standard InChI is InChI=1S/C10H16N4O2/c1-8(13(2)3)6-11-10-5-4-9(7-12-10)14(15)16/h4-5,7-8H,6H2,1-3H3,(H,11,12). The molecule has 1 rings (SSSR count). The summed E-state index contributed by atoms with van der Waals surface area (Å²) < 4.78 is 0. The molecule has 1 unspecified atom stereocenters. The lowest BCUT2D eigenvalue weighted by molar-refractivity contribution is -0.385. The normalized spacial score (nSPS) is 12.5. The number of hydrogen-bond acceptors (Lipinski definition) is 5. The maximum absolute atomic E-state index is 10.4. The molecule has 0 aromatic carbocycles. The number of nitrogens with one attached hydrogen (secondary N) is 1. The summed E-state index contributed by atoms with van der Waals surface area (Å²) in [6.07, 6.45) is 1.25. The topological polar surface area (TPSA) is 71.3 Å². The van der Waals surface area contributed by atoms with Gasteiger partial charge >= 0.3 is 0 Å². The molecule has 1 N–H and O–H groups in total. The summed E-state index contributed by atoms with van der Waals surface area (Å²) in [6.45, 7) is 2.83. The van der Waals surface area contributed by atoms with Gasteiger partial charge in [-0.1, -0.05) is 0 Å². The van der Waals surface area contributed by atoms with Crippen molar-refractivity contribution in [1.82, 2.24) is 9.88 Å². The van der Waals surface area contributed by atoms with Crippen LogP contribution in [-0.2, 0) is 0 Å². The number of likely N-dealkylation sites (N-methyl/N-ethyl adjacent to an activating group) is 1. The van der Waals surface area contributed by atoms with Crippen molar-refractivity contribution in [3.05, 3.63) is 28.4 Å². The third-order valence-corrected chi connectivity index (χ3v) is 2.42. The van der Waals surface area contributed by atoms with Crippen LogP contribution in [0.5, 0.6) is 0 Å². The lowest BCUT2D eigenvalue weighted by Gasteiger charge is -2.20. The number of nitro groups is 1. The number of aromatic nitrogens is 1. The molecule has 0 bridgehead atoms. The fourth-order valence-corrected chi connectivity index (χ4v) is 1.03. The fraction of sp³-hybridized carbons (Fsp3) is 0.500. The third-order valence-electron chi connectivity index (χ3n) is 2.42. The van der Waals surface area contributed by atoms with Gasteiger partial charge < -0.3 is 10.2 Å². The van der Waals surface area contributed by atoms with Gasteiger partial charge in [0.05, 0.1) is 4.92 Å². The number of nitrogens with zero attached hydrogens (tertiary/aromatic N) is 3. The lowest BCUT2D eigenvalue weighted by Crippen LogP contribution is -2.31. The van der Waals surface area contributed by atoms with Gasteiger partial charge in [-0.15, -0.1) is 0 Å². The zero-order valence-electron chi connectivity index (χ0n) is 9.67. The van der Waals surface area contributed by atoms with Crippen LogP contribution in [-0.4, -0.2) is 41.5 Å². The van der Waals surface area contributed by atoms with E-state index in [4.69, 9.17) is 0 Å². The lowest BCUT2D eigenvalue weighted by atomic mass is 10.3. The molecule has 6 heteroatoms. The second-order valence-corrected chi connectivity index (χ2v) is 3.85. The molecule has 0 fully saturated rings. The smallest absolute Gasteiger partial charge is 0.287 e. The number of pyridine rings is 1. The Kier molecular flexibility index (Phi) is 4.19. The van der Waals surface area contributed by atoms with Crippen molar-refractivity contribution in [2.24, 2.45) is 0 Å². The van der Waals surface area contributed by atoms with E-state index in [2.05, 4.69) is 22.1 Å².